The molecule has 1 aliphatic heterocycles. The minimum absolute atomic E-state index is 0.204. The molecule has 0 aromatic carbocycles. The number of alkyl halides is 1. The molecule has 0 aliphatic carbocycles. The van der Waals surface area contributed by atoms with Crippen LogP contribution in [0.5, 0.6) is 0 Å². The Hall–Kier alpha value is -3.07. The molecule has 0 bridgehead atoms. The molecule has 170 valence electrons. The molecule has 3 aromatic rings. The molecule has 0 spiro atoms. The summed E-state index contributed by atoms with van der Waals surface area (Å²) in [6, 6.07) is 7.82. The van der Waals surface area contributed by atoms with E-state index in [1.165, 1.54) is 20.8 Å². The van der Waals surface area contributed by atoms with E-state index < -0.39 is 5.67 Å². The molecule has 0 unspecified atom stereocenters. The van der Waals surface area contributed by atoms with Gasteiger partial charge in [-0.25, -0.2) is 19.0 Å². The summed E-state index contributed by atoms with van der Waals surface area (Å²) < 4.78 is 16.3. The molecule has 4 heterocycles. The molecule has 32 heavy (non-hydrogen) atoms. The number of hydrogen-bond acceptors (Lipinski definition) is 6. The number of pyridine rings is 2. The van der Waals surface area contributed by atoms with Crippen LogP contribution in [0.2, 0.25) is 0 Å². The van der Waals surface area contributed by atoms with Crippen LogP contribution in [-0.2, 0) is 10.5 Å². The van der Waals surface area contributed by atoms with E-state index in [0.29, 0.717) is 29.4 Å². The van der Waals surface area contributed by atoms with Gasteiger partial charge in [0.2, 0.25) is 5.91 Å². The van der Waals surface area contributed by atoms with Crippen LogP contribution in [0, 0.1) is 0 Å². The first kappa shape index (κ1) is 22.1. The first-order chi connectivity index (χ1) is 15.1. The van der Waals surface area contributed by atoms with Crippen LogP contribution in [0.4, 0.5) is 16.0 Å². The van der Waals surface area contributed by atoms with Gasteiger partial charge in [-0.1, -0.05) is 19.9 Å². The number of nitrogens with zero attached hydrogens (tertiary/aromatic N) is 5. The lowest BCUT2D eigenvalue weighted by Gasteiger charge is -2.18. The minimum Gasteiger partial charge on any atom is -0.353 e. The van der Waals surface area contributed by atoms with Crippen LogP contribution < -0.4 is 15.5 Å². The van der Waals surface area contributed by atoms with E-state index in [9.17, 15) is 9.18 Å². The molecule has 1 aliphatic rings. The van der Waals surface area contributed by atoms with Gasteiger partial charge in [-0.05, 0) is 32.4 Å². The summed E-state index contributed by atoms with van der Waals surface area (Å²) in [5.74, 6) is 1.55. The zero-order valence-corrected chi connectivity index (χ0v) is 19.2. The van der Waals surface area contributed by atoms with Crippen LogP contribution in [0.3, 0.4) is 0 Å². The summed E-state index contributed by atoms with van der Waals surface area (Å²) >= 11 is 0. The van der Waals surface area contributed by atoms with Crippen molar-refractivity contribution in [3.63, 3.8) is 0 Å². The highest BCUT2D eigenvalue weighted by Crippen LogP contribution is 2.32. The molecule has 1 saturated heterocycles. The second kappa shape index (κ2) is 8.46. The predicted molar refractivity (Wildman–Crippen MR) is 124 cm³/mol. The number of carbonyl (C=O) groups excluding carboxylic acids is 1. The van der Waals surface area contributed by atoms with Gasteiger partial charge in [0.15, 0.2) is 11.6 Å². The van der Waals surface area contributed by atoms with Crippen molar-refractivity contribution in [1.29, 1.82) is 0 Å². The maximum Gasteiger partial charge on any atom is 0.222 e. The van der Waals surface area contributed by atoms with E-state index in [2.05, 4.69) is 39.3 Å². The maximum atomic E-state index is 14.6. The number of halogens is 1. The van der Waals surface area contributed by atoms with Crippen LogP contribution in [-0.4, -0.2) is 50.8 Å². The number of fused-ring (bicyclic) bond motifs is 1. The molecule has 0 saturated carbocycles. The third-order valence-corrected chi connectivity index (χ3v) is 5.47. The lowest BCUT2D eigenvalue weighted by molar-refractivity contribution is -0.114. The summed E-state index contributed by atoms with van der Waals surface area (Å²) in [7, 11) is 0. The van der Waals surface area contributed by atoms with Crippen LogP contribution in [0.15, 0.2) is 30.5 Å². The van der Waals surface area contributed by atoms with Crippen LogP contribution in [0.25, 0.3) is 16.7 Å². The Kier molecular flexibility index (Phi) is 5.85. The normalized spacial score (nSPS) is 16.8. The molecule has 1 fully saturated rings. The third kappa shape index (κ3) is 4.57. The van der Waals surface area contributed by atoms with E-state index in [-0.39, 0.29) is 5.91 Å². The van der Waals surface area contributed by atoms with E-state index in [1.54, 1.807) is 35.1 Å². The van der Waals surface area contributed by atoms with Gasteiger partial charge in [0.25, 0.3) is 0 Å². The van der Waals surface area contributed by atoms with Crippen molar-refractivity contribution in [2.24, 2.45) is 0 Å². The fourth-order valence-corrected chi connectivity index (χ4v) is 4.08. The molecule has 8 nitrogen and oxygen atoms in total. The van der Waals surface area contributed by atoms with Gasteiger partial charge in [-0.3, -0.25) is 4.79 Å². The Balaban J connectivity index is 1.80. The number of amides is 1. The highest BCUT2D eigenvalue weighted by Gasteiger charge is 2.28. The SMILES string of the molecule is CC(=O)Nc1cc2c(cn1)c(N1CC[C@H](NC(C)C)C1)nn2-c1cccc(C(C)(C)F)n1. The molecule has 3 aromatic heterocycles. The average Bonchev–Trinajstić information content (AvgIpc) is 3.30. The van der Waals surface area contributed by atoms with Gasteiger partial charge in [-0.2, -0.15) is 0 Å². The molecule has 1 amide bonds. The van der Waals surface area contributed by atoms with Gasteiger partial charge in [0.1, 0.15) is 11.5 Å². The Bertz CT molecular complexity index is 1140. The number of hydrogen-bond donors (Lipinski definition) is 2. The maximum absolute atomic E-state index is 14.6. The first-order valence-electron chi connectivity index (χ1n) is 11.0. The van der Waals surface area contributed by atoms with Crippen molar-refractivity contribution < 1.29 is 9.18 Å². The topological polar surface area (TPSA) is 88.0 Å². The number of aromatic nitrogens is 4. The Labute approximate surface area is 187 Å². The minimum atomic E-state index is -1.57. The van der Waals surface area contributed by atoms with Crippen molar-refractivity contribution in [3.05, 3.63) is 36.2 Å². The quantitative estimate of drug-likeness (QED) is 0.611. The van der Waals surface area contributed by atoms with Crippen molar-refractivity contribution in [1.82, 2.24) is 25.1 Å². The molecule has 9 heteroatoms. The van der Waals surface area contributed by atoms with Gasteiger partial charge >= 0.3 is 0 Å². The van der Waals surface area contributed by atoms with Crippen molar-refractivity contribution in [2.75, 3.05) is 23.3 Å². The predicted octanol–water partition coefficient (Wildman–Crippen LogP) is 3.56. The van der Waals surface area contributed by atoms with E-state index in [4.69, 9.17) is 5.10 Å². The largest absolute Gasteiger partial charge is 0.353 e. The highest BCUT2D eigenvalue weighted by atomic mass is 19.1. The van der Waals surface area contributed by atoms with Crippen LogP contribution in [0.1, 0.15) is 46.7 Å². The summed E-state index contributed by atoms with van der Waals surface area (Å²) in [5, 5.41) is 12.0. The molecule has 0 radical (unpaired) electrons. The van der Waals surface area contributed by atoms with Gasteiger partial charge in [0, 0.05) is 44.4 Å². The second-order valence-electron chi connectivity index (χ2n) is 9.11. The van der Waals surface area contributed by atoms with Gasteiger partial charge < -0.3 is 15.5 Å². The van der Waals surface area contributed by atoms with Gasteiger partial charge in [0.05, 0.1) is 16.6 Å². The fraction of sp³-hybridized carbons (Fsp3) is 0.478. The number of carbonyl (C=O) groups is 1. The van der Waals surface area contributed by atoms with Crippen molar-refractivity contribution in [3.8, 4) is 5.82 Å². The zero-order chi connectivity index (χ0) is 23.0. The first-order valence-corrected chi connectivity index (χ1v) is 11.0. The summed E-state index contributed by atoms with van der Waals surface area (Å²) in [4.78, 5) is 22.7. The Morgan fingerprint density at radius 1 is 1.31 bits per heavy atom. The van der Waals surface area contributed by atoms with Crippen molar-refractivity contribution >= 4 is 28.4 Å². The van der Waals surface area contributed by atoms with Gasteiger partial charge in [-0.15, -0.1) is 5.10 Å². The summed E-state index contributed by atoms with van der Waals surface area (Å²) in [6.07, 6.45) is 2.75. The number of rotatable bonds is 6. The van der Waals surface area contributed by atoms with E-state index in [0.717, 1.165) is 36.2 Å². The molecule has 1 atom stereocenters. The van der Waals surface area contributed by atoms with Crippen LogP contribution >= 0.6 is 0 Å². The Morgan fingerprint density at radius 3 is 2.78 bits per heavy atom. The van der Waals surface area contributed by atoms with E-state index in [1.807, 2.05) is 0 Å². The fourth-order valence-electron chi connectivity index (χ4n) is 4.08. The summed E-state index contributed by atoms with van der Waals surface area (Å²) in [6.45, 7) is 10.4. The third-order valence-electron chi connectivity index (χ3n) is 5.47. The van der Waals surface area contributed by atoms with E-state index >= 15 is 0 Å². The average molecular weight is 440 g/mol. The standard InChI is InChI=1S/C23H30FN7O/c1-14(2)26-16-9-10-30(13-16)22-17-12-25-20(27-15(3)32)11-18(17)31(29-22)21-8-6-7-19(28-21)23(4,5)24/h6-8,11-12,14,16,26H,9-10,13H2,1-5H3,(H,25,27,32)/t16-/m0/s1. The molecule has 4 rings (SSSR count). The number of anilines is 2. The summed E-state index contributed by atoms with van der Waals surface area (Å²) in [5.41, 5.74) is -0.492. The highest BCUT2D eigenvalue weighted by molar-refractivity contribution is 5.95. The Morgan fingerprint density at radius 2 is 2.09 bits per heavy atom. The molecular weight excluding hydrogens is 409 g/mol. The lowest BCUT2D eigenvalue weighted by Crippen LogP contribution is -2.37. The zero-order valence-electron chi connectivity index (χ0n) is 19.2. The number of nitrogens with one attached hydrogen (secondary N) is 2. The monoisotopic (exact) mass is 439 g/mol. The van der Waals surface area contributed by atoms with Crippen molar-refractivity contribution in [2.45, 2.75) is 58.8 Å². The second-order valence-corrected chi connectivity index (χ2v) is 9.11. The molecular formula is C23H30FN7O. The molecule has 2 N–H and O–H groups in total. The smallest absolute Gasteiger partial charge is 0.222 e. The lowest BCUT2D eigenvalue weighted by atomic mass is 10.1.